The van der Waals surface area contributed by atoms with Gasteiger partial charge in [-0.1, -0.05) is 23.5 Å². The van der Waals surface area contributed by atoms with Crippen LogP contribution in [0.3, 0.4) is 0 Å². The van der Waals surface area contributed by atoms with Gasteiger partial charge in [0, 0.05) is 29.1 Å². The van der Waals surface area contributed by atoms with Crippen molar-refractivity contribution in [2.45, 2.75) is 13.0 Å². The van der Waals surface area contributed by atoms with Gasteiger partial charge >= 0.3 is 6.61 Å². The summed E-state index contributed by atoms with van der Waals surface area (Å²) in [5, 5.41) is 3.17. The minimum atomic E-state index is -3.02. The molecule has 0 aliphatic heterocycles. The fourth-order valence-electron chi connectivity index (χ4n) is 2.19. The minimum Gasteiger partial charge on any atom is -0.417 e. The van der Waals surface area contributed by atoms with Gasteiger partial charge in [0.15, 0.2) is 5.13 Å². The molecule has 11 heteroatoms. The number of benzene rings is 1. The second kappa shape index (κ2) is 8.21. The van der Waals surface area contributed by atoms with Gasteiger partial charge in [0.05, 0.1) is 0 Å². The van der Waals surface area contributed by atoms with Crippen LogP contribution in [0.5, 0.6) is 5.88 Å². The molecule has 3 N–H and O–H groups in total. The Kier molecular flexibility index (Phi) is 5.73. The van der Waals surface area contributed by atoms with Crippen LogP contribution < -0.4 is 15.8 Å². The van der Waals surface area contributed by atoms with E-state index in [1.807, 2.05) is 0 Å². The molecular formula is C17H12F4N4O2S. The Balaban J connectivity index is 1.75. The molecule has 146 valence electrons. The first-order valence-electron chi connectivity index (χ1n) is 7.70. The number of nitrogen functional groups attached to an aromatic ring is 1. The molecule has 0 aliphatic carbocycles. The van der Waals surface area contributed by atoms with Crippen LogP contribution in [0, 0.1) is 0 Å². The van der Waals surface area contributed by atoms with Crippen molar-refractivity contribution in [2.75, 3.05) is 11.1 Å². The van der Waals surface area contributed by atoms with E-state index in [4.69, 9.17) is 5.73 Å². The summed E-state index contributed by atoms with van der Waals surface area (Å²) in [7, 11) is 0. The Morgan fingerprint density at radius 2 is 1.82 bits per heavy atom. The Morgan fingerprint density at radius 3 is 2.39 bits per heavy atom. The Labute approximate surface area is 160 Å². The Bertz CT molecular complexity index is 962. The van der Waals surface area contributed by atoms with E-state index in [0.29, 0.717) is 5.69 Å². The first-order valence-corrected chi connectivity index (χ1v) is 8.52. The van der Waals surface area contributed by atoms with E-state index in [1.54, 1.807) is 0 Å². The van der Waals surface area contributed by atoms with E-state index in [1.165, 1.54) is 30.3 Å². The number of pyridine rings is 1. The molecule has 0 fully saturated rings. The average molecular weight is 412 g/mol. The first-order chi connectivity index (χ1) is 13.3. The monoisotopic (exact) mass is 412 g/mol. The molecule has 0 radical (unpaired) electrons. The zero-order chi connectivity index (χ0) is 20.3. The summed E-state index contributed by atoms with van der Waals surface area (Å²) in [5.74, 6) is -0.847. The molecule has 1 aromatic carbocycles. The normalized spacial score (nSPS) is 11.1. The number of halogens is 4. The molecule has 6 nitrogen and oxygen atoms in total. The summed E-state index contributed by atoms with van der Waals surface area (Å²) in [4.78, 5) is 20.3. The number of aromatic nitrogens is 2. The molecule has 0 atom stereocenters. The summed E-state index contributed by atoms with van der Waals surface area (Å²) in [6.45, 7) is -3.02. The second-order valence-corrected chi connectivity index (χ2v) is 6.37. The number of anilines is 3. The maximum absolute atomic E-state index is 12.6. The highest BCUT2D eigenvalue weighted by atomic mass is 32.1. The van der Waals surface area contributed by atoms with Crippen LogP contribution >= 0.6 is 11.3 Å². The van der Waals surface area contributed by atoms with Crippen molar-refractivity contribution in [3.63, 3.8) is 0 Å². The lowest BCUT2D eigenvalue weighted by Gasteiger charge is -2.04. The van der Waals surface area contributed by atoms with Crippen LogP contribution in [-0.4, -0.2) is 22.4 Å². The maximum atomic E-state index is 12.6. The van der Waals surface area contributed by atoms with E-state index < -0.39 is 18.8 Å². The molecule has 0 unspecified atom stereocenters. The number of ketones is 1. The lowest BCUT2D eigenvalue weighted by molar-refractivity contribution is -0.0528. The lowest BCUT2D eigenvalue weighted by atomic mass is 10.1. The van der Waals surface area contributed by atoms with E-state index >= 15 is 0 Å². The van der Waals surface area contributed by atoms with Crippen molar-refractivity contribution in [3.05, 3.63) is 58.6 Å². The summed E-state index contributed by atoms with van der Waals surface area (Å²) in [6.07, 6.45) is -1.48. The molecule has 28 heavy (non-hydrogen) atoms. The Morgan fingerprint density at radius 1 is 1.11 bits per heavy atom. The number of rotatable bonds is 7. The molecule has 3 rings (SSSR count). The Hall–Kier alpha value is -3.21. The standard InChI is InChI=1S/C17H12F4N4O2S/c18-14(19)8-1-4-10(5-2-8)24-17-25-15(22)13(28-17)12(26)9-3-6-11(23-7-9)27-16(20)21/h1-7,14,16H,22H2,(H,24,25). The van der Waals surface area contributed by atoms with Gasteiger partial charge in [0.1, 0.15) is 10.7 Å². The molecular weight excluding hydrogens is 400 g/mol. The van der Waals surface area contributed by atoms with Crippen LogP contribution in [0.25, 0.3) is 0 Å². The van der Waals surface area contributed by atoms with Crippen LogP contribution in [0.4, 0.5) is 34.2 Å². The zero-order valence-corrected chi connectivity index (χ0v) is 14.7. The van der Waals surface area contributed by atoms with Crippen LogP contribution in [-0.2, 0) is 0 Å². The number of nitrogens with one attached hydrogen (secondary N) is 1. The molecule has 0 amide bonds. The van der Waals surface area contributed by atoms with Gasteiger partial charge in [-0.15, -0.1) is 0 Å². The number of hydrogen-bond donors (Lipinski definition) is 2. The number of ether oxygens (including phenoxy) is 1. The van der Waals surface area contributed by atoms with E-state index in [0.717, 1.165) is 23.6 Å². The highest BCUT2D eigenvalue weighted by molar-refractivity contribution is 7.18. The summed E-state index contributed by atoms with van der Waals surface area (Å²) in [6, 6.07) is 7.86. The third kappa shape index (κ3) is 4.55. The quantitative estimate of drug-likeness (QED) is 0.434. The van der Waals surface area contributed by atoms with Gasteiger partial charge in [0.2, 0.25) is 11.7 Å². The number of hydrogen-bond acceptors (Lipinski definition) is 7. The topological polar surface area (TPSA) is 90.1 Å². The van der Waals surface area contributed by atoms with Crippen molar-refractivity contribution >= 4 is 33.8 Å². The molecule has 0 spiro atoms. The third-order valence-electron chi connectivity index (χ3n) is 3.48. The van der Waals surface area contributed by atoms with E-state index in [9.17, 15) is 22.4 Å². The number of nitrogens with two attached hydrogens (primary N) is 1. The number of nitrogens with zero attached hydrogens (tertiary/aromatic N) is 2. The lowest BCUT2D eigenvalue weighted by Crippen LogP contribution is -2.06. The highest BCUT2D eigenvalue weighted by Gasteiger charge is 2.19. The van der Waals surface area contributed by atoms with Gasteiger partial charge in [-0.3, -0.25) is 4.79 Å². The first kappa shape index (κ1) is 19.5. The van der Waals surface area contributed by atoms with Crippen molar-refractivity contribution in [1.29, 1.82) is 0 Å². The van der Waals surface area contributed by atoms with E-state index in [-0.39, 0.29) is 32.8 Å². The smallest absolute Gasteiger partial charge is 0.388 e. The molecule has 0 bridgehead atoms. The fourth-order valence-corrected chi connectivity index (χ4v) is 3.06. The third-order valence-corrected chi connectivity index (χ3v) is 4.47. The molecule has 0 aliphatic rings. The van der Waals surface area contributed by atoms with Gasteiger partial charge in [-0.25, -0.2) is 18.7 Å². The molecule has 0 saturated carbocycles. The van der Waals surface area contributed by atoms with Gasteiger partial charge in [0.25, 0.3) is 6.43 Å². The number of carbonyl (C=O) groups is 1. The molecule has 2 heterocycles. The predicted octanol–water partition coefficient (Wildman–Crippen LogP) is 4.63. The number of alkyl halides is 4. The minimum absolute atomic E-state index is 0.0328. The van der Waals surface area contributed by atoms with Crippen LogP contribution in [0.15, 0.2) is 42.6 Å². The van der Waals surface area contributed by atoms with Crippen molar-refractivity contribution in [3.8, 4) is 5.88 Å². The zero-order valence-electron chi connectivity index (χ0n) is 13.9. The molecule has 0 saturated heterocycles. The van der Waals surface area contributed by atoms with E-state index in [2.05, 4.69) is 20.0 Å². The van der Waals surface area contributed by atoms with Crippen LogP contribution in [0.2, 0.25) is 0 Å². The van der Waals surface area contributed by atoms with Crippen molar-refractivity contribution in [2.24, 2.45) is 0 Å². The fraction of sp³-hybridized carbons (Fsp3) is 0.118. The largest absolute Gasteiger partial charge is 0.417 e. The SMILES string of the molecule is Nc1nc(Nc2ccc(C(F)F)cc2)sc1C(=O)c1ccc(OC(F)F)nc1. The second-order valence-electron chi connectivity index (χ2n) is 5.37. The number of thiazole rings is 1. The van der Waals surface area contributed by atoms with Gasteiger partial charge in [-0.2, -0.15) is 8.78 Å². The van der Waals surface area contributed by atoms with Gasteiger partial charge in [-0.05, 0) is 18.2 Å². The molecule has 2 aromatic heterocycles. The predicted molar refractivity (Wildman–Crippen MR) is 95.5 cm³/mol. The summed E-state index contributed by atoms with van der Waals surface area (Å²) >= 11 is 0.959. The van der Waals surface area contributed by atoms with Crippen molar-refractivity contribution in [1.82, 2.24) is 9.97 Å². The average Bonchev–Trinajstić information content (AvgIpc) is 3.02. The van der Waals surface area contributed by atoms with Crippen LogP contribution in [0.1, 0.15) is 27.2 Å². The summed E-state index contributed by atoms with van der Waals surface area (Å²) in [5.41, 5.74) is 6.28. The van der Waals surface area contributed by atoms with Crippen molar-refractivity contribution < 1.29 is 27.1 Å². The molecule has 3 aromatic rings. The maximum Gasteiger partial charge on any atom is 0.388 e. The summed E-state index contributed by atoms with van der Waals surface area (Å²) < 4.78 is 53.6. The highest BCUT2D eigenvalue weighted by Crippen LogP contribution is 2.30. The van der Waals surface area contributed by atoms with Gasteiger partial charge < -0.3 is 15.8 Å². The number of carbonyl (C=O) groups excluding carboxylic acids is 1.